The van der Waals surface area contributed by atoms with Gasteiger partial charge in [0.1, 0.15) is 11.3 Å². The molecule has 0 atom stereocenters. The minimum atomic E-state index is -0.100. The van der Waals surface area contributed by atoms with E-state index in [1.165, 1.54) is 0 Å². The molecule has 3 rings (SSSR count). The predicted octanol–water partition coefficient (Wildman–Crippen LogP) is 2.42. The molecule has 0 saturated heterocycles. The molecule has 0 unspecified atom stereocenters. The summed E-state index contributed by atoms with van der Waals surface area (Å²) in [6.45, 7) is 0. The number of halogens is 1. The second-order valence-electron chi connectivity index (χ2n) is 3.56. The third kappa shape index (κ3) is 1.53. The highest BCUT2D eigenvalue weighted by Gasteiger charge is 2.19. The normalized spacial score (nSPS) is 15.3. The van der Waals surface area contributed by atoms with Crippen LogP contribution >= 0.6 is 15.9 Å². The molecule has 4 nitrogen and oxygen atoms in total. The second-order valence-corrected chi connectivity index (χ2v) is 4.48. The van der Waals surface area contributed by atoms with Crippen molar-refractivity contribution in [2.24, 2.45) is 5.10 Å². The van der Waals surface area contributed by atoms with E-state index >= 15 is 0 Å². The van der Waals surface area contributed by atoms with Crippen LogP contribution in [0.15, 0.2) is 38.3 Å². The number of hydrazone groups is 1. The molecule has 0 aliphatic carbocycles. The van der Waals surface area contributed by atoms with Crippen LogP contribution in [-0.2, 0) is 4.79 Å². The molecule has 0 saturated carbocycles. The van der Waals surface area contributed by atoms with Gasteiger partial charge in [0.15, 0.2) is 5.76 Å². The SMILES string of the molecule is O=C1CC(c2cc3cc(Br)ccc3o2)=NN1. The Bertz CT molecular complexity index is 615. The van der Waals surface area contributed by atoms with Crippen LogP contribution in [0.5, 0.6) is 0 Å². The lowest BCUT2D eigenvalue weighted by Crippen LogP contribution is -2.09. The van der Waals surface area contributed by atoms with Crippen LogP contribution in [0.1, 0.15) is 12.2 Å². The average molecular weight is 279 g/mol. The molecule has 1 aromatic carbocycles. The molecule has 1 amide bonds. The third-order valence-electron chi connectivity index (χ3n) is 2.41. The standard InChI is InChI=1S/C11H7BrN2O2/c12-7-1-2-9-6(3-7)4-10(16-9)8-5-11(15)14-13-8/h1-4H,5H2,(H,14,15). The number of amides is 1. The van der Waals surface area contributed by atoms with Crippen molar-refractivity contribution < 1.29 is 9.21 Å². The number of carbonyl (C=O) groups excluding carboxylic acids is 1. The molecule has 0 spiro atoms. The molecule has 1 aliphatic heterocycles. The number of fused-ring (bicyclic) bond motifs is 1. The van der Waals surface area contributed by atoms with Gasteiger partial charge in [0, 0.05) is 9.86 Å². The number of benzene rings is 1. The monoisotopic (exact) mass is 278 g/mol. The Balaban J connectivity index is 2.09. The van der Waals surface area contributed by atoms with Gasteiger partial charge in [-0.1, -0.05) is 15.9 Å². The van der Waals surface area contributed by atoms with Crippen LogP contribution in [0.25, 0.3) is 11.0 Å². The Kier molecular flexibility index (Phi) is 2.07. The topological polar surface area (TPSA) is 54.6 Å². The highest BCUT2D eigenvalue weighted by Crippen LogP contribution is 2.24. The summed E-state index contributed by atoms with van der Waals surface area (Å²) in [6.07, 6.45) is 0.279. The molecule has 2 heterocycles. The number of nitrogens with zero attached hydrogens (tertiary/aromatic N) is 1. The zero-order chi connectivity index (χ0) is 11.1. The van der Waals surface area contributed by atoms with Gasteiger partial charge in [-0.05, 0) is 24.3 Å². The summed E-state index contributed by atoms with van der Waals surface area (Å²) < 4.78 is 6.61. The molecule has 16 heavy (non-hydrogen) atoms. The molecular formula is C11H7BrN2O2. The summed E-state index contributed by atoms with van der Waals surface area (Å²) in [6, 6.07) is 7.65. The van der Waals surface area contributed by atoms with Crippen molar-refractivity contribution in [1.82, 2.24) is 5.43 Å². The quantitative estimate of drug-likeness (QED) is 0.871. The van der Waals surface area contributed by atoms with E-state index in [2.05, 4.69) is 26.5 Å². The summed E-state index contributed by atoms with van der Waals surface area (Å²) >= 11 is 3.40. The minimum Gasteiger partial charge on any atom is -0.455 e. The first kappa shape index (κ1) is 9.59. The maximum absolute atomic E-state index is 11.0. The van der Waals surface area contributed by atoms with Crippen LogP contribution < -0.4 is 5.43 Å². The second kappa shape index (κ2) is 3.45. The lowest BCUT2D eigenvalue weighted by atomic mass is 10.2. The molecular weight excluding hydrogens is 272 g/mol. The molecule has 2 aromatic rings. The van der Waals surface area contributed by atoms with Crippen LogP contribution in [0.3, 0.4) is 0 Å². The molecule has 80 valence electrons. The fraction of sp³-hybridized carbons (Fsp3) is 0.0909. The number of rotatable bonds is 1. The first-order valence-electron chi connectivity index (χ1n) is 4.77. The maximum Gasteiger partial charge on any atom is 0.246 e. The van der Waals surface area contributed by atoms with Gasteiger partial charge in [-0.25, -0.2) is 5.43 Å². The maximum atomic E-state index is 11.0. The van der Waals surface area contributed by atoms with Gasteiger partial charge >= 0.3 is 0 Å². The number of nitrogens with one attached hydrogen (secondary N) is 1. The van der Waals surface area contributed by atoms with E-state index in [1.807, 2.05) is 24.3 Å². The Morgan fingerprint density at radius 1 is 1.38 bits per heavy atom. The van der Waals surface area contributed by atoms with Gasteiger partial charge in [-0.2, -0.15) is 5.10 Å². The van der Waals surface area contributed by atoms with Crippen molar-refractivity contribution in [3.05, 3.63) is 34.5 Å². The van der Waals surface area contributed by atoms with Gasteiger partial charge in [0.05, 0.1) is 6.42 Å². The highest BCUT2D eigenvalue weighted by atomic mass is 79.9. The summed E-state index contributed by atoms with van der Waals surface area (Å²) in [7, 11) is 0. The van der Waals surface area contributed by atoms with Crippen LogP contribution in [0.2, 0.25) is 0 Å². The van der Waals surface area contributed by atoms with Crippen LogP contribution in [-0.4, -0.2) is 11.6 Å². The zero-order valence-corrected chi connectivity index (χ0v) is 9.74. The fourth-order valence-corrected chi connectivity index (χ4v) is 2.04. The predicted molar refractivity (Wildman–Crippen MR) is 63.2 cm³/mol. The van der Waals surface area contributed by atoms with E-state index in [4.69, 9.17) is 4.42 Å². The summed E-state index contributed by atoms with van der Waals surface area (Å²) in [5.74, 6) is 0.545. The van der Waals surface area contributed by atoms with E-state index in [1.54, 1.807) is 0 Å². The summed E-state index contributed by atoms with van der Waals surface area (Å²) in [5.41, 5.74) is 3.85. The minimum absolute atomic E-state index is 0.100. The zero-order valence-electron chi connectivity index (χ0n) is 8.16. The van der Waals surface area contributed by atoms with Gasteiger partial charge in [0.25, 0.3) is 0 Å². The van der Waals surface area contributed by atoms with E-state index in [-0.39, 0.29) is 12.3 Å². The molecule has 0 bridgehead atoms. The number of hydrogen-bond donors (Lipinski definition) is 1. The van der Waals surface area contributed by atoms with Crippen LogP contribution in [0, 0.1) is 0 Å². The van der Waals surface area contributed by atoms with E-state index < -0.39 is 0 Å². The van der Waals surface area contributed by atoms with Crippen molar-refractivity contribution in [2.75, 3.05) is 0 Å². The van der Waals surface area contributed by atoms with E-state index in [9.17, 15) is 4.79 Å². The molecule has 0 fully saturated rings. The van der Waals surface area contributed by atoms with Crippen molar-refractivity contribution in [1.29, 1.82) is 0 Å². The lowest BCUT2D eigenvalue weighted by Gasteiger charge is -1.89. The van der Waals surface area contributed by atoms with E-state index in [0.717, 1.165) is 15.4 Å². The summed E-state index contributed by atoms with van der Waals surface area (Å²) in [4.78, 5) is 11.0. The first-order valence-corrected chi connectivity index (χ1v) is 5.56. The first-order chi connectivity index (χ1) is 7.72. The van der Waals surface area contributed by atoms with Gasteiger partial charge in [-0.15, -0.1) is 0 Å². The lowest BCUT2D eigenvalue weighted by molar-refractivity contribution is -0.119. The molecule has 0 radical (unpaired) electrons. The van der Waals surface area contributed by atoms with Gasteiger partial charge < -0.3 is 4.42 Å². The van der Waals surface area contributed by atoms with E-state index in [0.29, 0.717) is 11.5 Å². The third-order valence-corrected chi connectivity index (χ3v) is 2.90. The van der Waals surface area contributed by atoms with Crippen molar-refractivity contribution >= 4 is 38.5 Å². The van der Waals surface area contributed by atoms with Crippen molar-refractivity contribution in [3.63, 3.8) is 0 Å². The largest absolute Gasteiger partial charge is 0.455 e. The smallest absolute Gasteiger partial charge is 0.246 e. The Morgan fingerprint density at radius 3 is 3.00 bits per heavy atom. The van der Waals surface area contributed by atoms with Gasteiger partial charge in [-0.3, -0.25) is 4.79 Å². The van der Waals surface area contributed by atoms with Crippen molar-refractivity contribution in [3.8, 4) is 0 Å². The molecule has 5 heteroatoms. The van der Waals surface area contributed by atoms with Crippen molar-refractivity contribution in [2.45, 2.75) is 6.42 Å². The molecule has 1 aromatic heterocycles. The number of hydrogen-bond acceptors (Lipinski definition) is 3. The molecule has 1 aliphatic rings. The van der Waals surface area contributed by atoms with Gasteiger partial charge in [0.2, 0.25) is 5.91 Å². The highest BCUT2D eigenvalue weighted by molar-refractivity contribution is 9.10. The Labute approximate surface area is 99.4 Å². The average Bonchev–Trinajstić information content (AvgIpc) is 2.83. The number of carbonyl (C=O) groups is 1. The number of furan rings is 1. The fourth-order valence-electron chi connectivity index (χ4n) is 1.66. The Hall–Kier alpha value is -1.62. The van der Waals surface area contributed by atoms with Crippen LogP contribution in [0.4, 0.5) is 0 Å². The Morgan fingerprint density at radius 2 is 2.25 bits per heavy atom. The summed E-state index contributed by atoms with van der Waals surface area (Å²) in [5, 5.41) is 4.91. The molecule has 1 N–H and O–H groups in total.